The molecule has 2 aromatic carbocycles. The SMILES string of the molecule is CC(C)Cc1csc2c1ccc1c3ccnc(-c4cc(C(C)(C)C)c5sccc5c4)c3sc12. The minimum absolute atomic E-state index is 0.0864. The summed E-state index contributed by atoms with van der Waals surface area (Å²) in [7, 11) is 0. The number of thiophene rings is 3. The zero-order chi connectivity index (χ0) is 22.9. The van der Waals surface area contributed by atoms with Crippen molar-refractivity contribution >= 4 is 74.4 Å². The Morgan fingerprint density at radius 3 is 2.42 bits per heavy atom. The zero-order valence-corrected chi connectivity index (χ0v) is 22.1. The zero-order valence-electron chi connectivity index (χ0n) is 19.7. The molecule has 0 unspecified atom stereocenters. The molecule has 0 bridgehead atoms. The van der Waals surface area contributed by atoms with Gasteiger partial charge in [-0.2, -0.15) is 0 Å². The molecule has 4 aromatic heterocycles. The minimum atomic E-state index is 0.0864. The molecule has 0 atom stereocenters. The van der Waals surface area contributed by atoms with Gasteiger partial charge in [0.2, 0.25) is 0 Å². The van der Waals surface area contributed by atoms with Gasteiger partial charge in [0.05, 0.1) is 19.8 Å². The van der Waals surface area contributed by atoms with Gasteiger partial charge in [-0.3, -0.25) is 4.98 Å². The van der Waals surface area contributed by atoms with Gasteiger partial charge >= 0.3 is 0 Å². The molecule has 0 fully saturated rings. The fraction of sp³-hybridized carbons (Fsp3) is 0.276. The van der Waals surface area contributed by atoms with Crippen molar-refractivity contribution in [2.24, 2.45) is 5.92 Å². The maximum Gasteiger partial charge on any atom is 0.0880 e. The molecule has 4 heteroatoms. The van der Waals surface area contributed by atoms with Crippen LogP contribution in [0.5, 0.6) is 0 Å². The van der Waals surface area contributed by atoms with Crippen LogP contribution >= 0.6 is 34.0 Å². The van der Waals surface area contributed by atoms with Crippen LogP contribution in [0.4, 0.5) is 0 Å². The Morgan fingerprint density at radius 1 is 0.848 bits per heavy atom. The summed E-state index contributed by atoms with van der Waals surface area (Å²) >= 11 is 5.66. The summed E-state index contributed by atoms with van der Waals surface area (Å²) in [5, 5.41) is 10.0. The van der Waals surface area contributed by atoms with E-state index in [1.165, 1.54) is 57.0 Å². The van der Waals surface area contributed by atoms with Crippen molar-refractivity contribution in [2.45, 2.75) is 46.5 Å². The van der Waals surface area contributed by atoms with Crippen LogP contribution in [0.3, 0.4) is 0 Å². The molecule has 0 spiro atoms. The average molecular weight is 486 g/mol. The van der Waals surface area contributed by atoms with E-state index in [-0.39, 0.29) is 5.41 Å². The second-order valence-corrected chi connectivity index (χ2v) is 13.2. The van der Waals surface area contributed by atoms with Gasteiger partial charge < -0.3 is 0 Å². The number of fused-ring (bicyclic) bond motifs is 6. The van der Waals surface area contributed by atoms with Crippen LogP contribution in [-0.4, -0.2) is 4.98 Å². The van der Waals surface area contributed by atoms with E-state index in [0.29, 0.717) is 5.92 Å². The quantitative estimate of drug-likeness (QED) is 0.243. The summed E-state index contributed by atoms with van der Waals surface area (Å²) in [5.41, 5.74) is 5.32. The molecule has 0 amide bonds. The highest BCUT2D eigenvalue weighted by molar-refractivity contribution is 7.31. The molecule has 4 heterocycles. The summed E-state index contributed by atoms with van der Waals surface area (Å²) in [6.45, 7) is 11.5. The van der Waals surface area contributed by atoms with Gasteiger partial charge in [-0.15, -0.1) is 34.0 Å². The molecule has 33 heavy (non-hydrogen) atoms. The molecule has 0 aliphatic rings. The Hall–Kier alpha value is -2.27. The van der Waals surface area contributed by atoms with Gasteiger partial charge in [-0.05, 0) is 74.7 Å². The first-order chi connectivity index (χ1) is 15.8. The molecule has 0 radical (unpaired) electrons. The molecular formula is C29H27NS3. The van der Waals surface area contributed by atoms with Gasteiger partial charge in [0.1, 0.15) is 0 Å². The number of benzene rings is 2. The third-order valence-electron chi connectivity index (χ3n) is 6.44. The highest BCUT2D eigenvalue weighted by atomic mass is 32.1. The van der Waals surface area contributed by atoms with E-state index < -0.39 is 0 Å². The van der Waals surface area contributed by atoms with Crippen LogP contribution in [0.2, 0.25) is 0 Å². The molecule has 1 nitrogen and oxygen atoms in total. The third-order valence-corrected chi connectivity index (χ3v) is 9.84. The number of hydrogen-bond acceptors (Lipinski definition) is 4. The number of pyridine rings is 1. The standard InChI is InChI=1S/C29H27NS3/c1-16(2)12-19-15-32-27-20(19)6-7-21-22-8-10-30-24(26(22)33-28(21)27)18-13-17-9-11-31-25(17)23(14-18)29(3,4)5/h6-11,13-16H,12H2,1-5H3. The molecule has 0 saturated heterocycles. The Morgan fingerprint density at radius 2 is 1.64 bits per heavy atom. The lowest BCUT2D eigenvalue weighted by Crippen LogP contribution is -2.11. The Balaban J connectivity index is 1.62. The van der Waals surface area contributed by atoms with E-state index in [1.807, 2.05) is 40.2 Å². The first-order valence-electron chi connectivity index (χ1n) is 11.5. The third kappa shape index (κ3) is 3.42. The van der Waals surface area contributed by atoms with E-state index in [0.717, 1.165) is 12.1 Å². The second kappa shape index (κ2) is 7.63. The predicted molar refractivity (Wildman–Crippen MR) is 151 cm³/mol. The molecule has 166 valence electrons. The van der Waals surface area contributed by atoms with Crippen molar-refractivity contribution in [1.82, 2.24) is 4.98 Å². The van der Waals surface area contributed by atoms with Crippen LogP contribution < -0.4 is 0 Å². The molecule has 6 rings (SSSR count). The normalized spacial score (nSPS) is 12.8. The van der Waals surface area contributed by atoms with Crippen molar-refractivity contribution in [1.29, 1.82) is 0 Å². The van der Waals surface area contributed by atoms with Gasteiger partial charge in [0, 0.05) is 27.2 Å². The number of aromatic nitrogens is 1. The smallest absolute Gasteiger partial charge is 0.0880 e. The van der Waals surface area contributed by atoms with Crippen molar-refractivity contribution in [2.75, 3.05) is 0 Å². The van der Waals surface area contributed by atoms with Gasteiger partial charge in [-0.25, -0.2) is 0 Å². The number of rotatable bonds is 3. The number of hydrogen-bond donors (Lipinski definition) is 0. The van der Waals surface area contributed by atoms with Crippen LogP contribution in [0, 0.1) is 5.92 Å². The average Bonchev–Trinajstić information content (AvgIpc) is 3.48. The van der Waals surface area contributed by atoms with E-state index in [2.05, 4.69) is 81.8 Å². The van der Waals surface area contributed by atoms with Gasteiger partial charge in [0.15, 0.2) is 0 Å². The summed E-state index contributed by atoms with van der Waals surface area (Å²) in [6, 6.07) is 13.8. The number of nitrogens with zero attached hydrogens (tertiary/aromatic N) is 1. The second-order valence-electron chi connectivity index (χ2n) is 10.4. The summed E-state index contributed by atoms with van der Waals surface area (Å²) in [4.78, 5) is 4.93. The van der Waals surface area contributed by atoms with Crippen LogP contribution in [-0.2, 0) is 11.8 Å². The summed E-state index contributed by atoms with van der Waals surface area (Å²) in [6.07, 6.45) is 3.13. The van der Waals surface area contributed by atoms with Crippen molar-refractivity contribution < 1.29 is 0 Å². The topological polar surface area (TPSA) is 12.9 Å². The Kier molecular flexibility index (Phi) is 4.92. The van der Waals surface area contributed by atoms with E-state index >= 15 is 0 Å². The minimum Gasteiger partial charge on any atom is -0.255 e. The van der Waals surface area contributed by atoms with Crippen molar-refractivity contribution in [3.05, 3.63) is 64.5 Å². The molecule has 0 saturated carbocycles. The van der Waals surface area contributed by atoms with E-state index in [1.54, 1.807) is 0 Å². The highest BCUT2D eigenvalue weighted by Gasteiger charge is 2.21. The Bertz CT molecular complexity index is 1650. The largest absolute Gasteiger partial charge is 0.255 e. The lowest BCUT2D eigenvalue weighted by molar-refractivity contribution is 0.597. The lowest BCUT2D eigenvalue weighted by Gasteiger charge is -2.21. The Labute approximate surface area is 206 Å². The van der Waals surface area contributed by atoms with Gasteiger partial charge in [-0.1, -0.05) is 46.8 Å². The van der Waals surface area contributed by atoms with E-state index in [9.17, 15) is 0 Å². The van der Waals surface area contributed by atoms with Crippen LogP contribution in [0.15, 0.2) is 53.4 Å². The molecular weight excluding hydrogens is 459 g/mol. The van der Waals surface area contributed by atoms with E-state index in [4.69, 9.17) is 4.98 Å². The van der Waals surface area contributed by atoms with Gasteiger partial charge in [0.25, 0.3) is 0 Å². The molecule has 0 aliphatic heterocycles. The fourth-order valence-electron chi connectivity index (χ4n) is 4.88. The monoisotopic (exact) mass is 485 g/mol. The predicted octanol–water partition coefficient (Wildman–Crippen LogP) is 10.0. The first-order valence-corrected chi connectivity index (χ1v) is 14.1. The first kappa shape index (κ1) is 21.3. The van der Waals surface area contributed by atoms with Crippen LogP contribution in [0.25, 0.3) is 51.6 Å². The van der Waals surface area contributed by atoms with Crippen LogP contribution in [0.1, 0.15) is 45.7 Å². The van der Waals surface area contributed by atoms with Crippen molar-refractivity contribution in [3.8, 4) is 11.3 Å². The highest BCUT2D eigenvalue weighted by Crippen LogP contribution is 2.45. The van der Waals surface area contributed by atoms with Crippen molar-refractivity contribution in [3.63, 3.8) is 0 Å². The lowest BCUT2D eigenvalue weighted by atomic mass is 9.85. The molecule has 0 aliphatic carbocycles. The maximum atomic E-state index is 4.93. The fourth-order valence-corrected chi connectivity index (χ4v) is 8.54. The molecule has 6 aromatic rings. The summed E-state index contributed by atoms with van der Waals surface area (Å²) < 4.78 is 5.53. The summed E-state index contributed by atoms with van der Waals surface area (Å²) in [5.74, 6) is 0.667. The maximum absolute atomic E-state index is 4.93. The molecule has 0 N–H and O–H groups in total.